The Labute approximate surface area is 142 Å². The SMILES string of the molecule is Cc1ccc2c(c1)[nH]c(=S)n2/C=C1/C(=O)Oc2ccccc2C1=O. The molecule has 0 unspecified atom stereocenters. The minimum absolute atomic E-state index is 0.0497. The Morgan fingerprint density at radius 1 is 1.17 bits per heavy atom. The highest BCUT2D eigenvalue weighted by atomic mass is 32.1. The van der Waals surface area contributed by atoms with Gasteiger partial charge in [0, 0.05) is 6.20 Å². The average molecular weight is 336 g/mol. The van der Waals surface area contributed by atoms with Crippen molar-refractivity contribution in [3.63, 3.8) is 0 Å². The van der Waals surface area contributed by atoms with Crippen LogP contribution in [0.5, 0.6) is 5.75 Å². The number of nitrogens with one attached hydrogen (secondary N) is 1. The Balaban J connectivity index is 1.90. The van der Waals surface area contributed by atoms with Crippen LogP contribution in [0.3, 0.4) is 0 Å². The van der Waals surface area contributed by atoms with Crippen molar-refractivity contribution in [1.29, 1.82) is 0 Å². The quantitative estimate of drug-likeness (QED) is 0.242. The molecule has 1 aromatic heterocycles. The number of rotatable bonds is 1. The molecule has 118 valence electrons. The number of H-pyrrole nitrogens is 1. The van der Waals surface area contributed by atoms with Gasteiger partial charge in [-0.15, -0.1) is 0 Å². The maximum atomic E-state index is 12.6. The molecule has 0 radical (unpaired) electrons. The van der Waals surface area contributed by atoms with E-state index >= 15 is 0 Å². The molecule has 2 heterocycles. The molecule has 4 rings (SSSR count). The maximum absolute atomic E-state index is 12.6. The molecule has 6 heteroatoms. The topological polar surface area (TPSA) is 64.1 Å². The number of carbonyl (C=O) groups excluding carboxylic acids is 2. The number of aryl methyl sites for hydroxylation is 1. The smallest absolute Gasteiger partial charge is 0.349 e. The van der Waals surface area contributed by atoms with Gasteiger partial charge in [0.25, 0.3) is 0 Å². The Kier molecular flexibility index (Phi) is 3.21. The number of aromatic amines is 1. The van der Waals surface area contributed by atoms with Crippen molar-refractivity contribution in [3.8, 4) is 5.75 Å². The second-order valence-corrected chi connectivity index (χ2v) is 5.97. The van der Waals surface area contributed by atoms with E-state index in [9.17, 15) is 9.59 Å². The zero-order chi connectivity index (χ0) is 16.8. The second-order valence-electron chi connectivity index (χ2n) is 5.58. The second kappa shape index (κ2) is 5.28. The van der Waals surface area contributed by atoms with Gasteiger partial charge in [-0.2, -0.15) is 0 Å². The third-order valence-electron chi connectivity index (χ3n) is 3.93. The van der Waals surface area contributed by atoms with Crippen molar-refractivity contribution in [2.75, 3.05) is 0 Å². The van der Waals surface area contributed by atoms with Crippen LogP contribution in [0.1, 0.15) is 15.9 Å². The number of imidazole rings is 1. The first-order chi connectivity index (χ1) is 11.5. The van der Waals surface area contributed by atoms with E-state index in [0.29, 0.717) is 10.3 Å². The van der Waals surface area contributed by atoms with E-state index in [1.807, 2.05) is 25.1 Å². The Hall–Kier alpha value is -2.99. The number of para-hydroxylation sites is 1. The standard InChI is InChI=1S/C18H12N2O3S/c1-10-6-7-14-13(8-10)19-18(24)20(14)9-12-16(21)11-4-2-3-5-15(11)23-17(12)22/h2-9H,1H3,(H,19,24)/b12-9+. The summed E-state index contributed by atoms with van der Waals surface area (Å²) in [4.78, 5) is 27.9. The number of ketones is 1. The van der Waals surface area contributed by atoms with E-state index in [1.165, 1.54) is 6.20 Å². The molecule has 1 aliphatic rings. The fourth-order valence-corrected chi connectivity index (χ4v) is 3.01. The first-order valence-electron chi connectivity index (χ1n) is 7.33. The molecule has 5 nitrogen and oxygen atoms in total. The van der Waals surface area contributed by atoms with E-state index in [2.05, 4.69) is 4.98 Å². The molecule has 1 N–H and O–H groups in total. The van der Waals surface area contributed by atoms with Gasteiger partial charge in [0.15, 0.2) is 4.77 Å². The number of aromatic nitrogens is 2. The predicted molar refractivity (Wildman–Crippen MR) is 92.5 cm³/mol. The lowest BCUT2D eigenvalue weighted by Gasteiger charge is -2.16. The van der Waals surface area contributed by atoms with Crippen molar-refractivity contribution in [2.45, 2.75) is 6.92 Å². The number of fused-ring (bicyclic) bond motifs is 2. The Morgan fingerprint density at radius 3 is 2.79 bits per heavy atom. The lowest BCUT2D eigenvalue weighted by molar-refractivity contribution is -0.130. The van der Waals surface area contributed by atoms with Crippen molar-refractivity contribution in [1.82, 2.24) is 9.55 Å². The average Bonchev–Trinajstić information content (AvgIpc) is 2.86. The van der Waals surface area contributed by atoms with Crippen molar-refractivity contribution < 1.29 is 14.3 Å². The van der Waals surface area contributed by atoms with Crippen LogP contribution in [-0.4, -0.2) is 21.3 Å². The summed E-state index contributed by atoms with van der Waals surface area (Å²) in [6.07, 6.45) is 1.44. The van der Waals surface area contributed by atoms with Gasteiger partial charge >= 0.3 is 5.97 Å². The monoisotopic (exact) mass is 336 g/mol. The van der Waals surface area contributed by atoms with E-state index < -0.39 is 5.97 Å². The molecule has 24 heavy (non-hydrogen) atoms. The Morgan fingerprint density at radius 2 is 1.96 bits per heavy atom. The molecule has 0 saturated heterocycles. The molecule has 0 fully saturated rings. The summed E-state index contributed by atoms with van der Waals surface area (Å²) < 4.78 is 7.27. The number of carbonyl (C=O) groups is 2. The number of ether oxygens (including phenoxy) is 1. The number of benzene rings is 2. The van der Waals surface area contributed by atoms with Gasteiger partial charge in [0.1, 0.15) is 11.3 Å². The predicted octanol–water partition coefficient (Wildman–Crippen LogP) is 3.65. The van der Waals surface area contributed by atoms with Gasteiger partial charge in [-0.25, -0.2) is 4.79 Å². The van der Waals surface area contributed by atoms with Gasteiger partial charge in [0.2, 0.25) is 5.78 Å². The molecule has 1 aliphatic heterocycles. The molecule has 2 aromatic carbocycles. The molecule has 0 saturated carbocycles. The molecule has 0 spiro atoms. The van der Waals surface area contributed by atoms with Crippen LogP contribution in [0.2, 0.25) is 0 Å². The summed E-state index contributed by atoms with van der Waals surface area (Å²) >= 11 is 5.32. The number of Topliss-reactive ketones (excluding diaryl/α,β-unsaturated/α-hetero) is 1. The van der Waals surface area contributed by atoms with Gasteiger partial charge < -0.3 is 9.72 Å². The number of hydrogen-bond acceptors (Lipinski definition) is 4. The third kappa shape index (κ3) is 2.19. The van der Waals surface area contributed by atoms with Crippen LogP contribution in [0.25, 0.3) is 17.2 Å². The Bertz CT molecular complexity index is 1100. The maximum Gasteiger partial charge on any atom is 0.349 e. The fraction of sp³-hybridized carbons (Fsp3) is 0.0556. The summed E-state index contributed by atoms with van der Waals surface area (Å²) in [6.45, 7) is 1.98. The molecular weight excluding hydrogens is 324 g/mol. The fourth-order valence-electron chi connectivity index (χ4n) is 2.75. The third-order valence-corrected chi connectivity index (χ3v) is 4.23. The van der Waals surface area contributed by atoms with Crippen molar-refractivity contribution in [2.24, 2.45) is 0 Å². The zero-order valence-corrected chi connectivity index (χ0v) is 13.5. The lowest BCUT2D eigenvalue weighted by Crippen LogP contribution is -2.25. The van der Waals surface area contributed by atoms with Gasteiger partial charge in [0.05, 0.1) is 16.6 Å². The number of esters is 1. The van der Waals surface area contributed by atoms with Crippen LogP contribution in [-0.2, 0) is 4.79 Å². The lowest BCUT2D eigenvalue weighted by atomic mass is 10.0. The highest BCUT2D eigenvalue weighted by molar-refractivity contribution is 7.71. The van der Waals surface area contributed by atoms with E-state index in [0.717, 1.165) is 16.6 Å². The summed E-state index contributed by atoms with van der Waals surface area (Å²) in [5.74, 6) is -0.768. The van der Waals surface area contributed by atoms with Crippen molar-refractivity contribution >= 4 is 41.2 Å². The van der Waals surface area contributed by atoms with Crippen LogP contribution in [0.4, 0.5) is 0 Å². The molecular formula is C18H12N2O3S. The van der Waals surface area contributed by atoms with Crippen LogP contribution >= 0.6 is 12.2 Å². The van der Waals surface area contributed by atoms with Crippen LogP contribution in [0, 0.1) is 11.7 Å². The van der Waals surface area contributed by atoms with Crippen LogP contribution < -0.4 is 4.74 Å². The zero-order valence-electron chi connectivity index (χ0n) is 12.7. The molecule has 0 atom stereocenters. The van der Waals surface area contributed by atoms with Crippen LogP contribution in [0.15, 0.2) is 48.0 Å². The molecule has 0 amide bonds. The minimum atomic E-state index is -0.679. The minimum Gasteiger partial charge on any atom is -0.422 e. The van der Waals surface area contributed by atoms with Crippen molar-refractivity contribution in [3.05, 3.63) is 63.9 Å². The van der Waals surface area contributed by atoms with E-state index in [1.54, 1.807) is 28.8 Å². The first-order valence-corrected chi connectivity index (χ1v) is 7.74. The largest absolute Gasteiger partial charge is 0.422 e. The molecule has 0 aliphatic carbocycles. The highest BCUT2D eigenvalue weighted by Gasteiger charge is 2.30. The summed E-state index contributed by atoms with van der Waals surface area (Å²) in [6, 6.07) is 12.5. The summed E-state index contributed by atoms with van der Waals surface area (Å²) in [5.41, 5.74) is 3.03. The van der Waals surface area contributed by atoms with Gasteiger partial charge in [-0.1, -0.05) is 18.2 Å². The summed E-state index contributed by atoms with van der Waals surface area (Å²) in [5, 5.41) is 0. The van der Waals surface area contributed by atoms with E-state index in [-0.39, 0.29) is 17.1 Å². The van der Waals surface area contributed by atoms with Gasteiger partial charge in [-0.3, -0.25) is 9.36 Å². The summed E-state index contributed by atoms with van der Waals surface area (Å²) in [7, 11) is 0. The normalized spacial score (nSPS) is 15.6. The molecule has 0 bridgehead atoms. The van der Waals surface area contributed by atoms with E-state index in [4.69, 9.17) is 17.0 Å². The molecule has 3 aromatic rings. The first kappa shape index (κ1) is 14.6. The number of nitrogens with zero attached hydrogens (tertiary/aromatic N) is 1. The highest BCUT2D eigenvalue weighted by Crippen LogP contribution is 2.28. The van der Waals surface area contributed by atoms with Gasteiger partial charge in [-0.05, 0) is 49.0 Å². The number of hydrogen-bond donors (Lipinski definition) is 1.